The van der Waals surface area contributed by atoms with Crippen molar-refractivity contribution in [3.63, 3.8) is 0 Å². The van der Waals surface area contributed by atoms with E-state index in [0.717, 1.165) is 25.5 Å². The Kier molecular flexibility index (Phi) is 4.42. The molecule has 1 fully saturated rings. The van der Waals surface area contributed by atoms with E-state index in [0.29, 0.717) is 21.7 Å². The Balaban J connectivity index is 1.95. The highest BCUT2D eigenvalue weighted by Crippen LogP contribution is 2.36. The van der Waals surface area contributed by atoms with Gasteiger partial charge in [0.2, 0.25) is 0 Å². The van der Waals surface area contributed by atoms with Gasteiger partial charge in [0.25, 0.3) is 0 Å². The number of rotatable bonds is 3. The van der Waals surface area contributed by atoms with E-state index in [2.05, 4.69) is 16.6 Å². The summed E-state index contributed by atoms with van der Waals surface area (Å²) in [5.74, 6) is 0. The van der Waals surface area contributed by atoms with E-state index in [9.17, 15) is 13.2 Å². The molecule has 2 unspecified atom stereocenters. The molecule has 0 spiro atoms. The first-order chi connectivity index (χ1) is 8.49. The highest BCUT2D eigenvalue weighted by atomic mass is 32.2. The van der Waals surface area contributed by atoms with Crippen molar-refractivity contribution in [1.82, 2.24) is 4.98 Å². The van der Waals surface area contributed by atoms with Crippen LogP contribution in [0.4, 0.5) is 18.3 Å². The predicted molar refractivity (Wildman–Crippen MR) is 70.3 cm³/mol. The molecule has 102 valence electrons. The third kappa shape index (κ3) is 3.54. The maximum absolute atomic E-state index is 12.4. The molecule has 1 heterocycles. The number of nitrogens with one attached hydrogen (secondary N) is 1. The van der Waals surface area contributed by atoms with Gasteiger partial charge in [0.1, 0.15) is 4.88 Å². The Labute approximate surface area is 112 Å². The fourth-order valence-corrected chi connectivity index (χ4v) is 3.72. The Bertz CT molecular complexity index is 392. The summed E-state index contributed by atoms with van der Waals surface area (Å²) in [4.78, 5) is 3.17. The monoisotopic (exact) mass is 296 g/mol. The molecule has 1 aromatic rings. The summed E-state index contributed by atoms with van der Waals surface area (Å²) in [6.07, 6.45) is 3.04. The zero-order valence-corrected chi connectivity index (χ0v) is 11.6. The number of hydrogen-bond donors (Lipinski definition) is 1. The summed E-state index contributed by atoms with van der Waals surface area (Å²) in [5, 5.41) is 4.12. The summed E-state index contributed by atoms with van der Waals surface area (Å²) in [5.41, 5.74) is 0. The standard InChI is InChI=1S/C11H15F3N2S2/c1-17-8-4-2-3-7(5-8)16-10-15-6-9(18-10)11(12,13)14/h6-8H,2-5H2,1H3,(H,15,16). The van der Waals surface area contributed by atoms with Crippen molar-refractivity contribution in [2.24, 2.45) is 0 Å². The van der Waals surface area contributed by atoms with E-state index in [-0.39, 0.29) is 6.04 Å². The Morgan fingerprint density at radius 3 is 2.83 bits per heavy atom. The van der Waals surface area contributed by atoms with Gasteiger partial charge in [-0.15, -0.1) is 0 Å². The van der Waals surface area contributed by atoms with Crippen LogP contribution in [0.15, 0.2) is 6.20 Å². The van der Waals surface area contributed by atoms with Gasteiger partial charge in [-0.05, 0) is 25.5 Å². The van der Waals surface area contributed by atoms with Gasteiger partial charge in [-0.2, -0.15) is 24.9 Å². The largest absolute Gasteiger partial charge is 0.427 e. The zero-order valence-electron chi connectivity index (χ0n) is 9.96. The van der Waals surface area contributed by atoms with Crippen LogP contribution in [0.1, 0.15) is 30.6 Å². The van der Waals surface area contributed by atoms with Crippen molar-refractivity contribution in [3.05, 3.63) is 11.1 Å². The molecule has 0 amide bonds. The van der Waals surface area contributed by atoms with Crippen LogP contribution in [0.25, 0.3) is 0 Å². The highest BCUT2D eigenvalue weighted by molar-refractivity contribution is 7.99. The lowest BCUT2D eigenvalue weighted by Gasteiger charge is -2.28. The topological polar surface area (TPSA) is 24.9 Å². The number of hydrogen-bond acceptors (Lipinski definition) is 4. The van der Waals surface area contributed by atoms with Crippen LogP contribution in [-0.4, -0.2) is 22.5 Å². The van der Waals surface area contributed by atoms with E-state index < -0.39 is 11.1 Å². The Morgan fingerprint density at radius 2 is 2.22 bits per heavy atom. The normalized spacial score (nSPS) is 25.1. The second-order valence-corrected chi connectivity index (χ2v) is 6.56. The summed E-state index contributed by atoms with van der Waals surface area (Å²) in [7, 11) is 0. The summed E-state index contributed by atoms with van der Waals surface area (Å²) >= 11 is 2.52. The Hall–Kier alpha value is -0.430. The van der Waals surface area contributed by atoms with Crippen molar-refractivity contribution < 1.29 is 13.2 Å². The molecule has 0 saturated heterocycles. The Morgan fingerprint density at radius 1 is 1.44 bits per heavy atom. The SMILES string of the molecule is CSC1CCCC(Nc2ncc(C(F)(F)F)s2)C1. The highest BCUT2D eigenvalue weighted by Gasteiger charge is 2.33. The van der Waals surface area contributed by atoms with Crippen LogP contribution in [0.3, 0.4) is 0 Å². The lowest BCUT2D eigenvalue weighted by molar-refractivity contribution is -0.134. The molecule has 18 heavy (non-hydrogen) atoms. The second kappa shape index (κ2) is 5.69. The van der Waals surface area contributed by atoms with Crippen LogP contribution in [-0.2, 0) is 6.18 Å². The van der Waals surface area contributed by atoms with Crippen molar-refractivity contribution in [1.29, 1.82) is 0 Å². The molecule has 0 radical (unpaired) electrons. The number of halogens is 3. The van der Waals surface area contributed by atoms with Gasteiger partial charge in [0.05, 0.1) is 6.20 Å². The number of aromatic nitrogens is 1. The number of thioether (sulfide) groups is 1. The lowest BCUT2D eigenvalue weighted by Crippen LogP contribution is -2.28. The molecule has 0 aromatic carbocycles. The van der Waals surface area contributed by atoms with Crippen LogP contribution >= 0.6 is 23.1 Å². The average Bonchev–Trinajstić information content (AvgIpc) is 2.77. The first-order valence-electron chi connectivity index (χ1n) is 5.81. The summed E-state index contributed by atoms with van der Waals surface area (Å²) in [6, 6.07) is 0.253. The molecule has 7 heteroatoms. The van der Waals surface area contributed by atoms with Crippen LogP contribution in [0.5, 0.6) is 0 Å². The quantitative estimate of drug-likeness (QED) is 0.902. The smallest absolute Gasteiger partial charge is 0.359 e. The van der Waals surface area contributed by atoms with Crippen LogP contribution in [0, 0.1) is 0 Å². The molecule has 2 nitrogen and oxygen atoms in total. The van der Waals surface area contributed by atoms with E-state index in [4.69, 9.17) is 0 Å². The number of anilines is 1. The molecule has 1 aliphatic carbocycles. The van der Waals surface area contributed by atoms with Gasteiger partial charge in [0, 0.05) is 11.3 Å². The van der Waals surface area contributed by atoms with Crippen molar-refractivity contribution in [3.8, 4) is 0 Å². The minimum Gasteiger partial charge on any atom is -0.359 e. The van der Waals surface area contributed by atoms with Crippen LogP contribution in [0.2, 0.25) is 0 Å². The molecular formula is C11H15F3N2S2. The first-order valence-corrected chi connectivity index (χ1v) is 7.92. The number of alkyl halides is 3. The molecule has 0 bridgehead atoms. The van der Waals surface area contributed by atoms with Gasteiger partial charge in [0.15, 0.2) is 5.13 Å². The van der Waals surface area contributed by atoms with Gasteiger partial charge < -0.3 is 5.32 Å². The van der Waals surface area contributed by atoms with Crippen molar-refractivity contribution >= 4 is 28.2 Å². The molecule has 0 aliphatic heterocycles. The van der Waals surface area contributed by atoms with Gasteiger partial charge in [-0.1, -0.05) is 17.8 Å². The van der Waals surface area contributed by atoms with Crippen molar-refractivity contribution in [2.45, 2.75) is 43.2 Å². The number of thiazole rings is 1. The second-order valence-electron chi connectivity index (χ2n) is 4.39. The molecule has 2 rings (SSSR count). The number of nitrogens with zero attached hydrogens (tertiary/aromatic N) is 1. The van der Waals surface area contributed by atoms with Crippen molar-refractivity contribution in [2.75, 3.05) is 11.6 Å². The molecule has 2 atom stereocenters. The summed E-state index contributed by atoms with van der Waals surface area (Å²) < 4.78 is 37.3. The zero-order chi connectivity index (χ0) is 13.2. The average molecular weight is 296 g/mol. The first kappa shape index (κ1) is 14.0. The minimum atomic E-state index is -4.29. The lowest BCUT2D eigenvalue weighted by atomic mass is 9.95. The maximum Gasteiger partial charge on any atom is 0.427 e. The predicted octanol–water partition coefficient (Wildman–Crippen LogP) is 4.25. The fraction of sp³-hybridized carbons (Fsp3) is 0.727. The molecule has 1 aliphatic rings. The molecular weight excluding hydrogens is 281 g/mol. The van der Waals surface area contributed by atoms with E-state index in [1.165, 1.54) is 6.42 Å². The third-order valence-electron chi connectivity index (χ3n) is 3.07. The molecule has 1 aromatic heterocycles. The minimum absolute atomic E-state index is 0.253. The fourth-order valence-electron chi connectivity index (χ4n) is 2.14. The van der Waals surface area contributed by atoms with Gasteiger partial charge >= 0.3 is 6.18 Å². The van der Waals surface area contributed by atoms with E-state index >= 15 is 0 Å². The van der Waals surface area contributed by atoms with E-state index in [1.54, 1.807) is 0 Å². The van der Waals surface area contributed by atoms with Gasteiger partial charge in [-0.25, -0.2) is 4.98 Å². The molecule has 1 saturated carbocycles. The molecule has 1 N–H and O–H groups in total. The van der Waals surface area contributed by atoms with E-state index in [1.807, 2.05) is 11.8 Å². The third-order valence-corrected chi connectivity index (χ3v) is 5.14. The summed E-state index contributed by atoms with van der Waals surface area (Å²) in [6.45, 7) is 0. The van der Waals surface area contributed by atoms with Gasteiger partial charge in [-0.3, -0.25) is 0 Å². The van der Waals surface area contributed by atoms with Crippen LogP contribution < -0.4 is 5.32 Å². The maximum atomic E-state index is 12.4.